The lowest BCUT2D eigenvalue weighted by Gasteiger charge is -2.42. The Bertz CT molecular complexity index is 760. The average Bonchev–Trinajstić information content (AvgIpc) is 3.16. The molecule has 2 fully saturated rings. The lowest BCUT2D eigenvalue weighted by atomic mass is 9.84. The molecule has 2 aliphatic rings. The van der Waals surface area contributed by atoms with Crippen molar-refractivity contribution in [2.45, 2.75) is 76.8 Å². The molecule has 0 saturated heterocycles. The number of hydrogen-bond donors (Lipinski definition) is 2. The van der Waals surface area contributed by atoms with Crippen molar-refractivity contribution in [3.05, 3.63) is 6.20 Å². The summed E-state index contributed by atoms with van der Waals surface area (Å²) in [7, 11) is 0. The summed E-state index contributed by atoms with van der Waals surface area (Å²) in [6, 6.07) is 0.228. The molecule has 11 heteroatoms. The first-order chi connectivity index (χ1) is 14.3. The summed E-state index contributed by atoms with van der Waals surface area (Å²) in [5.74, 6) is -0.583. The highest BCUT2D eigenvalue weighted by Crippen LogP contribution is 2.34. The Morgan fingerprint density at radius 3 is 2.43 bits per heavy atom. The zero-order valence-corrected chi connectivity index (χ0v) is 18.8. The molecule has 168 valence electrons. The summed E-state index contributed by atoms with van der Waals surface area (Å²) in [5, 5.41) is 12.2. The van der Waals surface area contributed by atoms with Gasteiger partial charge in [0.05, 0.1) is 6.20 Å². The standard InChI is InChI=1S/C19H30N4O5S2/c1-13-7-9-15(10-8-13)23(14-5-3-2-4-6-14)19(26)21-18-20-11-16(29-18)22(30(27)28)12-17(24)25/h11,13-15H,2-10,12H2,1H3,(H,24,25)(H,27,28)(H,20,21,26)/p-1. The third-order valence-corrected chi connectivity index (χ3v) is 7.73. The van der Waals surface area contributed by atoms with Gasteiger partial charge in [-0.3, -0.25) is 18.6 Å². The Kier molecular flexibility index (Phi) is 8.06. The normalized spacial score (nSPS) is 23.5. The van der Waals surface area contributed by atoms with Crippen LogP contribution in [0.3, 0.4) is 0 Å². The Hall–Kier alpha value is -1.72. The molecule has 1 aromatic rings. The third kappa shape index (κ3) is 5.92. The Balaban J connectivity index is 1.73. The zero-order chi connectivity index (χ0) is 21.7. The van der Waals surface area contributed by atoms with Crippen molar-refractivity contribution in [1.29, 1.82) is 0 Å². The van der Waals surface area contributed by atoms with Crippen LogP contribution in [0, 0.1) is 5.92 Å². The molecule has 2 saturated carbocycles. The van der Waals surface area contributed by atoms with Crippen LogP contribution in [-0.2, 0) is 16.1 Å². The molecular weight excluding hydrogens is 428 g/mol. The van der Waals surface area contributed by atoms with Gasteiger partial charge in [-0.25, -0.2) is 9.78 Å². The van der Waals surface area contributed by atoms with Crippen LogP contribution < -0.4 is 9.62 Å². The Morgan fingerprint density at radius 1 is 1.20 bits per heavy atom. The number of aromatic nitrogens is 1. The summed E-state index contributed by atoms with van der Waals surface area (Å²) in [5.41, 5.74) is 0. The van der Waals surface area contributed by atoms with Gasteiger partial charge in [0.1, 0.15) is 11.5 Å². The van der Waals surface area contributed by atoms with Crippen LogP contribution >= 0.6 is 11.3 Å². The van der Waals surface area contributed by atoms with Crippen molar-refractivity contribution in [1.82, 2.24) is 9.88 Å². The highest BCUT2D eigenvalue weighted by atomic mass is 32.2. The molecule has 1 unspecified atom stereocenters. The molecule has 0 aromatic carbocycles. The highest BCUT2D eigenvalue weighted by molar-refractivity contribution is 7.81. The summed E-state index contributed by atoms with van der Waals surface area (Å²) < 4.78 is 23.4. The maximum atomic E-state index is 13.2. The van der Waals surface area contributed by atoms with E-state index in [0.717, 1.165) is 62.7 Å². The number of nitrogens with zero attached hydrogens (tertiary/aromatic N) is 3. The molecule has 30 heavy (non-hydrogen) atoms. The van der Waals surface area contributed by atoms with E-state index in [4.69, 9.17) is 5.11 Å². The minimum atomic E-state index is -2.74. The number of carboxylic acid groups (broad SMARTS) is 1. The number of amides is 2. The van der Waals surface area contributed by atoms with Gasteiger partial charge >= 0.3 is 12.0 Å². The Morgan fingerprint density at radius 2 is 1.83 bits per heavy atom. The van der Waals surface area contributed by atoms with Gasteiger partial charge in [-0.1, -0.05) is 37.5 Å². The number of thiazole rings is 1. The largest absolute Gasteiger partial charge is 0.755 e. The molecule has 2 aliphatic carbocycles. The van der Waals surface area contributed by atoms with Gasteiger partial charge < -0.3 is 14.6 Å². The lowest BCUT2D eigenvalue weighted by Crippen LogP contribution is -2.51. The second kappa shape index (κ2) is 10.5. The van der Waals surface area contributed by atoms with Crippen molar-refractivity contribution >= 4 is 44.7 Å². The first kappa shape index (κ1) is 23.0. The zero-order valence-electron chi connectivity index (χ0n) is 17.1. The number of hydrogen-bond acceptors (Lipinski definition) is 6. The third-order valence-electron chi connectivity index (χ3n) is 5.99. The van der Waals surface area contributed by atoms with E-state index < -0.39 is 23.8 Å². The van der Waals surface area contributed by atoms with E-state index in [0.29, 0.717) is 10.2 Å². The van der Waals surface area contributed by atoms with Crippen molar-refractivity contribution in [2.24, 2.45) is 5.92 Å². The minimum absolute atomic E-state index is 0.150. The number of rotatable bonds is 7. The van der Waals surface area contributed by atoms with E-state index >= 15 is 0 Å². The summed E-state index contributed by atoms with van der Waals surface area (Å²) in [6.07, 6.45) is 10.9. The second-order valence-electron chi connectivity index (χ2n) is 8.19. The number of nitrogens with one attached hydrogen (secondary N) is 1. The lowest BCUT2D eigenvalue weighted by molar-refractivity contribution is -0.135. The Labute approximate surface area is 183 Å². The molecule has 2 N–H and O–H groups in total. The predicted octanol–water partition coefficient (Wildman–Crippen LogP) is 3.57. The fraction of sp³-hybridized carbons (Fsp3) is 0.737. The maximum Gasteiger partial charge on any atom is 0.324 e. The smallest absolute Gasteiger partial charge is 0.324 e. The number of carboxylic acids is 1. The average molecular weight is 458 g/mol. The molecule has 3 rings (SSSR count). The van der Waals surface area contributed by atoms with Gasteiger partial charge in [0.2, 0.25) is 0 Å². The van der Waals surface area contributed by atoms with Crippen molar-refractivity contribution in [3.8, 4) is 0 Å². The molecule has 1 aromatic heterocycles. The van der Waals surface area contributed by atoms with Crippen molar-refractivity contribution < 1.29 is 23.5 Å². The molecule has 1 atom stereocenters. The summed E-state index contributed by atoms with van der Waals surface area (Å²) in [6.45, 7) is 1.56. The van der Waals surface area contributed by atoms with Crippen molar-refractivity contribution in [2.75, 3.05) is 16.2 Å². The number of carbonyl (C=O) groups excluding carboxylic acids is 1. The van der Waals surface area contributed by atoms with Crippen LogP contribution in [0.5, 0.6) is 0 Å². The van der Waals surface area contributed by atoms with E-state index in [1.807, 2.05) is 4.90 Å². The molecule has 2 amide bonds. The fourth-order valence-corrected chi connectivity index (χ4v) is 5.85. The van der Waals surface area contributed by atoms with E-state index in [-0.39, 0.29) is 28.2 Å². The molecule has 0 spiro atoms. The van der Waals surface area contributed by atoms with Gasteiger partial charge in [-0.05, 0) is 44.4 Å². The highest BCUT2D eigenvalue weighted by Gasteiger charge is 2.34. The van der Waals surface area contributed by atoms with E-state index in [2.05, 4.69) is 17.2 Å². The van der Waals surface area contributed by atoms with Crippen LogP contribution in [0.1, 0.15) is 64.7 Å². The topological polar surface area (TPSA) is 126 Å². The number of urea groups is 1. The second-order valence-corrected chi connectivity index (χ2v) is 10.1. The van der Waals surface area contributed by atoms with E-state index in [9.17, 15) is 18.4 Å². The fourth-order valence-electron chi connectivity index (χ4n) is 4.43. The van der Waals surface area contributed by atoms with E-state index in [1.165, 1.54) is 12.6 Å². The van der Waals surface area contributed by atoms with Crippen LogP contribution in [0.25, 0.3) is 0 Å². The van der Waals surface area contributed by atoms with Crippen LogP contribution in [-0.4, -0.2) is 54.4 Å². The van der Waals surface area contributed by atoms with Crippen LogP contribution in [0.15, 0.2) is 6.20 Å². The molecule has 9 nitrogen and oxygen atoms in total. The van der Waals surface area contributed by atoms with Gasteiger partial charge in [-0.2, -0.15) is 0 Å². The van der Waals surface area contributed by atoms with Crippen LogP contribution in [0.2, 0.25) is 0 Å². The summed E-state index contributed by atoms with van der Waals surface area (Å²) in [4.78, 5) is 30.3. The summed E-state index contributed by atoms with van der Waals surface area (Å²) >= 11 is -1.79. The van der Waals surface area contributed by atoms with Gasteiger partial charge in [0.15, 0.2) is 5.13 Å². The first-order valence-corrected chi connectivity index (χ1v) is 12.3. The van der Waals surface area contributed by atoms with Crippen molar-refractivity contribution in [3.63, 3.8) is 0 Å². The van der Waals surface area contributed by atoms with Gasteiger partial charge in [0.25, 0.3) is 0 Å². The molecule has 0 aliphatic heterocycles. The minimum Gasteiger partial charge on any atom is -0.755 e. The monoisotopic (exact) mass is 457 g/mol. The van der Waals surface area contributed by atoms with Crippen LogP contribution in [0.4, 0.5) is 14.9 Å². The first-order valence-electron chi connectivity index (χ1n) is 10.5. The van der Waals surface area contributed by atoms with Gasteiger partial charge in [-0.15, -0.1) is 0 Å². The van der Waals surface area contributed by atoms with E-state index in [1.54, 1.807) is 0 Å². The number of carbonyl (C=O) groups is 2. The quantitative estimate of drug-likeness (QED) is 0.603. The number of anilines is 2. The molecule has 0 radical (unpaired) electrons. The molecular formula is C19H29N4O5S2-. The SMILES string of the molecule is CC1CCC(N(C(=O)Nc2ncc(N(CC(=O)O)S(=O)[O-])s2)C2CCCCC2)CC1. The maximum absolute atomic E-state index is 13.2. The number of aliphatic carboxylic acids is 1. The molecule has 1 heterocycles. The predicted molar refractivity (Wildman–Crippen MR) is 115 cm³/mol. The van der Waals surface area contributed by atoms with Gasteiger partial charge in [0, 0.05) is 23.4 Å². The molecule has 0 bridgehead atoms.